The number of hydrogen-bond donors (Lipinski definition) is 0. The topological polar surface area (TPSA) is 74.0 Å². The molecule has 4 heterocycles. The van der Waals surface area contributed by atoms with E-state index in [9.17, 15) is 0 Å². The highest BCUT2D eigenvalue weighted by atomic mass is 16.4. The third kappa shape index (κ3) is 1.90. The third-order valence-corrected chi connectivity index (χ3v) is 3.29. The van der Waals surface area contributed by atoms with E-state index in [0.29, 0.717) is 11.8 Å². The number of nitrogens with zero attached hydrogens (tertiary/aromatic N) is 6. The van der Waals surface area contributed by atoms with Crippen molar-refractivity contribution in [2.45, 2.75) is 6.92 Å². The van der Waals surface area contributed by atoms with Crippen LogP contribution in [0.2, 0.25) is 0 Å². The second kappa shape index (κ2) is 4.27. The molecule has 0 aliphatic carbocycles. The van der Waals surface area contributed by atoms with E-state index < -0.39 is 0 Å². The van der Waals surface area contributed by atoms with Gasteiger partial charge < -0.3 is 4.42 Å². The zero-order valence-corrected chi connectivity index (χ0v) is 11.6. The van der Waals surface area contributed by atoms with Crippen LogP contribution in [0.3, 0.4) is 0 Å². The van der Waals surface area contributed by atoms with Crippen molar-refractivity contribution in [3.8, 4) is 22.7 Å². The summed E-state index contributed by atoms with van der Waals surface area (Å²) in [5.41, 5.74) is 3.69. The average molecular weight is 280 g/mol. The number of fused-ring (bicyclic) bond motifs is 1. The molecule has 0 atom stereocenters. The number of aromatic nitrogens is 6. The minimum atomic E-state index is 0.461. The van der Waals surface area contributed by atoms with Gasteiger partial charge in [0, 0.05) is 37.5 Å². The summed E-state index contributed by atoms with van der Waals surface area (Å²) < 4.78 is 9.20. The van der Waals surface area contributed by atoms with Gasteiger partial charge in [-0.3, -0.25) is 9.08 Å². The number of rotatable bonds is 2. The Balaban J connectivity index is 1.90. The van der Waals surface area contributed by atoms with Gasteiger partial charge in [-0.15, -0.1) is 10.2 Å². The first kappa shape index (κ1) is 11.8. The van der Waals surface area contributed by atoms with Gasteiger partial charge >= 0.3 is 0 Å². The minimum Gasteiger partial charge on any atom is -0.420 e. The monoisotopic (exact) mass is 280 g/mol. The SMILES string of the molecule is Cc1nnc(-c2cnc3ccc(-c4cnn(C)c4)cn23)o1. The molecule has 4 aromatic rings. The zero-order valence-electron chi connectivity index (χ0n) is 11.6. The first-order valence-electron chi connectivity index (χ1n) is 6.47. The molecule has 7 nitrogen and oxygen atoms in total. The summed E-state index contributed by atoms with van der Waals surface area (Å²) >= 11 is 0. The molecule has 0 aliphatic rings. The van der Waals surface area contributed by atoms with E-state index >= 15 is 0 Å². The van der Waals surface area contributed by atoms with E-state index in [1.165, 1.54) is 0 Å². The van der Waals surface area contributed by atoms with Gasteiger partial charge in [-0.1, -0.05) is 0 Å². The molecule has 0 amide bonds. The van der Waals surface area contributed by atoms with Crippen LogP contribution < -0.4 is 0 Å². The van der Waals surface area contributed by atoms with Crippen LogP contribution in [0.25, 0.3) is 28.4 Å². The zero-order chi connectivity index (χ0) is 14.4. The van der Waals surface area contributed by atoms with Crippen molar-refractivity contribution < 1.29 is 4.42 Å². The summed E-state index contributed by atoms with van der Waals surface area (Å²) in [5.74, 6) is 0.992. The highest BCUT2D eigenvalue weighted by molar-refractivity contribution is 5.65. The molecule has 0 aromatic carbocycles. The van der Waals surface area contributed by atoms with E-state index in [-0.39, 0.29) is 0 Å². The average Bonchev–Trinajstić information content (AvgIpc) is 3.17. The van der Waals surface area contributed by atoms with Gasteiger partial charge in [-0.2, -0.15) is 5.10 Å². The fourth-order valence-corrected chi connectivity index (χ4v) is 2.28. The van der Waals surface area contributed by atoms with E-state index in [0.717, 1.165) is 22.5 Å². The molecule has 0 N–H and O–H groups in total. The molecule has 0 saturated heterocycles. The van der Waals surface area contributed by atoms with Crippen LogP contribution in [-0.4, -0.2) is 29.4 Å². The Morgan fingerprint density at radius 2 is 1.95 bits per heavy atom. The summed E-state index contributed by atoms with van der Waals surface area (Å²) in [6, 6.07) is 3.97. The Bertz CT molecular complexity index is 932. The van der Waals surface area contributed by atoms with E-state index in [2.05, 4.69) is 20.3 Å². The lowest BCUT2D eigenvalue weighted by molar-refractivity contribution is 0.530. The number of aryl methyl sites for hydroxylation is 2. The number of imidazole rings is 1. The molecule has 4 aromatic heterocycles. The summed E-state index contributed by atoms with van der Waals surface area (Å²) in [6.07, 6.45) is 7.52. The van der Waals surface area contributed by atoms with Crippen LogP contribution >= 0.6 is 0 Å². The van der Waals surface area contributed by atoms with Crippen molar-refractivity contribution in [1.29, 1.82) is 0 Å². The van der Waals surface area contributed by atoms with Gasteiger partial charge in [0.15, 0.2) is 0 Å². The van der Waals surface area contributed by atoms with E-state index in [1.54, 1.807) is 17.8 Å². The molecule has 0 saturated carbocycles. The Labute approximate surface area is 119 Å². The maximum Gasteiger partial charge on any atom is 0.266 e. The lowest BCUT2D eigenvalue weighted by Crippen LogP contribution is -1.90. The molecule has 4 rings (SSSR count). The van der Waals surface area contributed by atoms with Crippen LogP contribution in [0, 0.1) is 6.92 Å². The number of pyridine rings is 1. The highest BCUT2D eigenvalue weighted by Crippen LogP contribution is 2.24. The van der Waals surface area contributed by atoms with Gasteiger partial charge in [0.2, 0.25) is 5.89 Å². The molecule has 104 valence electrons. The Kier molecular flexibility index (Phi) is 2.41. The molecule has 0 spiro atoms. The highest BCUT2D eigenvalue weighted by Gasteiger charge is 2.13. The van der Waals surface area contributed by atoms with Crippen LogP contribution in [0.1, 0.15) is 5.89 Å². The third-order valence-electron chi connectivity index (χ3n) is 3.29. The summed E-state index contributed by atoms with van der Waals surface area (Å²) in [5, 5.41) is 12.1. The van der Waals surface area contributed by atoms with Crippen molar-refractivity contribution in [3.05, 3.63) is 42.8 Å². The molecule has 0 aliphatic heterocycles. The largest absolute Gasteiger partial charge is 0.420 e. The standard InChI is InChI=1S/C14H12N6O/c1-9-17-18-14(21-9)12-6-15-13-4-3-10(8-20(12)13)11-5-16-19(2)7-11/h3-8H,1-2H3. The Morgan fingerprint density at radius 1 is 1.05 bits per heavy atom. The fourth-order valence-electron chi connectivity index (χ4n) is 2.28. The first-order valence-corrected chi connectivity index (χ1v) is 6.47. The van der Waals surface area contributed by atoms with Gasteiger partial charge in [0.25, 0.3) is 5.89 Å². The summed E-state index contributed by atoms with van der Waals surface area (Å²) in [6.45, 7) is 1.76. The predicted molar refractivity (Wildman–Crippen MR) is 75.4 cm³/mol. The van der Waals surface area contributed by atoms with Crippen LogP contribution in [0.15, 0.2) is 41.3 Å². The van der Waals surface area contributed by atoms with E-state index in [1.807, 2.05) is 42.2 Å². The first-order chi connectivity index (χ1) is 10.2. The Morgan fingerprint density at radius 3 is 2.67 bits per heavy atom. The molecular weight excluding hydrogens is 268 g/mol. The van der Waals surface area contributed by atoms with Crippen LogP contribution in [-0.2, 0) is 7.05 Å². The van der Waals surface area contributed by atoms with E-state index in [4.69, 9.17) is 4.42 Å². The molecule has 7 heteroatoms. The van der Waals surface area contributed by atoms with Crippen LogP contribution in [0.4, 0.5) is 0 Å². The van der Waals surface area contributed by atoms with Gasteiger partial charge in [-0.25, -0.2) is 4.98 Å². The maximum absolute atomic E-state index is 5.49. The molecule has 0 bridgehead atoms. The van der Waals surface area contributed by atoms with Gasteiger partial charge in [0.1, 0.15) is 11.3 Å². The maximum atomic E-state index is 5.49. The van der Waals surface area contributed by atoms with Crippen molar-refractivity contribution in [1.82, 2.24) is 29.4 Å². The summed E-state index contributed by atoms with van der Waals surface area (Å²) in [4.78, 5) is 4.36. The lowest BCUT2D eigenvalue weighted by atomic mass is 10.2. The van der Waals surface area contributed by atoms with Crippen molar-refractivity contribution in [3.63, 3.8) is 0 Å². The molecule has 21 heavy (non-hydrogen) atoms. The molecule has 0 radical (unpaired) electrons. The molecular formula is C14H12N6O. The lowest BCUT2D eigenvalue weighted by Gasteiger charge is -2.01. The summed E-state index contributed by atoms with van der Waals surface area (Å²) in [7, 11) is 1.89. The van der Waals surface area contributed by atoms with Crippen molar-refractivity contribution in [2.24, 2.45) is 7.05 Å². The van der Waals surface area contributed by atoms with Crippen LogP contribution in [0.5, 0.6) is 0 Å². The van der Waals surface area contributed by atoms with Crippen molar-refractivity contribution >= 4 is 5.65 Å². The quantitative estimate of drug-likeness (QED) is 0.562. The second-order valence-corrected chi connectivity index (χ2v) is 4.82. The second-order valence-electron chi connectivity index (χ2n) is 4.82. The molecule has 0 unspecified atom stereocenters. The predicted octanol–water partition coefficient (Wildman–Crippen LogP) is 2.09. The minimum absolute atomic E-state index is 0.461. The molecule has 0 fully saturated rings. The Hall–Kier alpha value is -2.96. The van der Waals surface area contributed by atoms with Gasteiger partial charge in [0.05, 0.1) is 12.4 Å². The fraction of sp³-hybridized carbons (Fsp3) is 0.143. The normalized spacial score (nSPS) is 11.3. The smallest absolute Gasteiger partial charge is 0.266 e. The van der Waals surface area contributed by atoms with Gasteiger partial charge in [-0.05, 0) is 12.1 Å². The van der Waals surface area contributed by atoms with Crippen molar-refractivity contribution in [2.75, 3.05) is 0 Å². The number of hydrogen-bond acceptors (Lipinski definition) is 5.